The molecule has 3 heteroatoms. The first kappa shape index (κ1) is 14.6. The van der Waals surface area contributed by atoms with Crippen LogP contribution in [0.1, 0.15) is 33.6 Å². The van der Waals surface area contributed by atoms with E-state index >= 15 is 0 Å². The predicted molar refractivity (Wildman–Crippen MR) is 67.5 cm³/mol. The molecule has 0 aliphatic carbocycles. The van der Waals surface area contributed by atoms with Crippen molar-refractivity contribution in [3.05, 3.63) is 0 Å². The summed E-state index contributed by atoms with van der Waals surface area (Å²) in [6.45, 7) is 8.45. The van der Waals surface area contributed by atoms with Crippen molar-refractivity contribution in [2.24, 2.45) is 5.92 Å². The van der Waals surface area contributed by atoms with Gasteiger partial charge < -0.3 is 4.74 Å². The molecule has 0 amide bonds. The molecule has 1 unspecified atom stereocenters. The van der Waals surface area contributed by atoms with Gasteiger partial charge >= 0.3 is 0 Å². The van der Waals surface area contributed by atoms with Crippen LogP contribution in [0.3, 0.4) is 0 Å². The maximum Gasteiger partial charge on any atom is 0.0556 e. The van der Waals surface area contributed by atoms with Crippen molar-refractivity contribution in [3.8, 4) is 0 Å². The molecule has 0 bridgehead atoms. The van der Waals surface area contributed by atoms with E-state index in [1.54, 1.807) is 0 Å². The quantitative estimate of drug-likeness (QED) is 0.447. The lowest BCUT2D eigenvalue weighted by atomic mass is 10.1. The Bertz CT molecular complexity index is 120. The third-order valence-electron chi connectivity index (χ3n) is 1.99. The van der Waals surface area contributed by atoms with Crippen molar-refractivity contribution < 1.29 is 4.74 Å². The van der Waals surface area contributed by atoms with E-state index in [1.165, 1.54) is 6.42 Å². The number of ether oxygens (including phenoxy) is 1. The number of halogens is 1. The largest absolute Gasteiger partial charge is 0.381 e. The number of hydrogen-bond acceptors (Lipinski definition) is 2. The van der Waals surface area contributed by atoms with E-state index in [0.29, 0.717) is 5.25 Å². The molecule has 0 aromatic heterocycles. The molecule has 0 radical (unpaired) electrons. The summed E-state index contributed by atoms with van der Waals surface area (Å²) in [5.74, 6) is 2.61. The maximum atomic E-state index is 5.65. The molecule has 0 N–H and O–H groups in total. The van der Waals surface area contributed by atoms with Crippen molar-refractivity contribution in [2.45, 2.75) is 38.9 Å². The fourth-order valence-electron chi connectivity index (χ4n) is 0.966. The van der Waals surface area contributed by atoms with Gasteiger partial charge in [0.1, 0.15) is 0 Å². The Kier molecular flexibility index (Phi) is 10.6. The second-order valence-corrected chi connectivity index (χ2v) is 5.88. The van der Waals surface area contributed by atoms with Gasteiger partial charge in [0.2, 0.25) is 0 Å². The van der Waals surface area contributed by atoms with Crippen LogP contribution in [0.5, 0.6) is 0 Å². The summed E-state index contributed by atoms with van der Waals surface area (Å²) >= 11 is 7.60. The van der Waals surface area contributed by atoms with Crippen LogP contribution >= 0.6 is 23.4 Å². The number of thioether (sulfide) groups is 1. The summed E-state index contributed by atoms with van der Waals surface area (Å²) in [7, 11) is 0. The Balaban J connectivity index is 3.05. The highest BCUT2D eigenvalue weighted by molar-refractivity contribution is 7.99. The van der Waals surface area contributed by atoms with Gasteiger partial charge in [0, 0.05) is 23.5 Å². The van der Waals surface area contributed by atoms with E-state index in [1.807, 2.05) is 11.8 Å². The highest BCUT2D eigenvalue weighted by atomic mass is 35.5. The monoisotopic (exact) mass is 238 g/mol. The molecular weight excluding hydrogens is 216 g/mol. The Morgan fingerprint density at radius 2 is 1.86 bits per heavy atom. The molecule has 1 nitrogen and oxygen atoms in total. The number of alkyl halides is 1. The predicted octanol–water partition coefficient (Wildman–Crippen LogP) is 3.80. The molecular formula is C11H23ClOS. The van der Waals surface area contributed by atoms with Gasteiger partial charge in [-0.05, 0) is 18.8 Å². The first-order valence-electron chi connectivity index (χ1n) is 5.42. The third kappa shape index (κ3) is 10.7. The lowest BCUT2D eigenvalue weighted by Gasteiger charge is -2.09. The molecule has 14 heavy (non-hydrogen) atoms. The zero-order valence-electron chi connectivity index (χ0n) is 9.59. The summed E-state index contributed by atoms with van der Waals surface area (Å²) in [6, 6.07) is 0. The lowest BCUT2D eigenvalue weighted by Crippen LogP contribution is -2.05. The van der Waals surface area contributed by atoms with Gasteiger partial charge in [0.05, 0.1) is 6.61 Å². The minimum absolute atomic E-state index is 0.668. The molecule has 0 saturated heterocycles. The van der Waals surface area contributed by atoms with E-state index in [0.717, 1.165) is 37.2 Å². The highest BCUT2D eigenvalue weighted by Crippen LogP contribution is 2.14. The summed E-state index contributed by atoms with van der Waals surface area (Å²) in [5.41, 5.74) is 0. The summed E-state index contributed by atoms with van der Waals surface area (Å²) < 4.78 is 5.52. The fourth-order valence-corrected chi connectivity index (χ4v) is 2.32. The molecule has 0 aliphatic heterocycles. The molecule has 0 rings (SSSR count). The van der Waals surface area contributed by atoms with Gasteiger partial charge in [0.25, 0.3) is 0 Å². The van der Waals surface area contributed by atoms with Crippen molar-refractivity contribution >= 4 is 23.4 Å². The molecule has 0 fully saturated rings. The first-order chi connectivity index (χ1) is 6.66. The van der Waals surface area contributed by atoms with Crippen LogP contribution in [0.15, 0.2) is 0 Å². The number of hydrogen-bond donors (Lipinski definition) is 0. The van der Waals surface area contributed by atoms with Crippen LogP contribution in [0.25, 0.3) is 0 Å². The van der Waals surface area contributed by atoms with Crippen molar-refractivity contribution in [2.75, 3.05) is 24.8 Å². The standard InChI is InChI=1S/C11H23ClOS/c1-10(2)5-7-13-8-9-14-11(3)4-6-12/h10-11H,4-9H2,1-3H3. The van der Waals surface area contributed by atoms with E-state index < -0.39 is 0 Å². The van der Waals surface area contributed by atoms with E-state index in [9.17, 15) is 0 Å². The normalized spacial score (nSPS) is 13.5. The van der Waals surface area contributed by atoms with Crippen molar-refractivity contribution in [3.63, 3.8) is 0 Å². The van der Waals surface area contributed by atoms with Crippen molar-refractivity contribution in [1.29, 1.82) is 0 Å². The van der Waals surface area contributed by atoms with Crippen LogP contribution < -0.4 is 0 Å². The Morgan fingerprint density at radius 3 is 2.43 bits per heavy atom. The average Bonchev–Trinajstić information content (AvgIpc) is 2.11. The topological polar surface area (TPSA) is 9.23 Å². The molecule has 1 atom stereocenters. The number of rotatable bonds is 9. The van der Waals surface area contributed by atoms with Crippen LogP contribution in [-0.4, -0.2) is 30.1 Å². The van der Waals surface area contributed by atoms with Gasteiger partial charge in [-0.3, -0.25) is 0 Å². The van der Waals surface area contributed by atoms with Crippen LogP contribution in [0, 0.1) is 5.92 Å². The molecule has 0 aromatic rings. The van der Waals surface area contributed by atoms with Gasteiger partial charge in [-0.25, -0.2) is 0 Å². The maximum absolute atomic E-state index is 5.65. The van der Waals surface area contributed by atoms with Gasteiger partial charge in [-0.2, -0.15) is 11.8 Å². The fraction of sp³-hybridized carbons (Fsp3) is 1.00. The zero-order chi connectivity index (χ0) is 10.8. The highest BCUT2D eigenvalue weighted by Gasteiger charge is 2.01. The van der Waals surface area contributed by atoms with Gasteiger partial charge in [-0.1, -0.05) is 20.8 Å². The van der Waals surface area contributed by atoms with Gasteiger partial charge in [-0.15, -0.1) is 11.6 Å². The SMILES string of the molecule is CC(C)CCOCCSC(C)CCCl. The molecule has 0 aliphatic rings. The lowest BCUT2D eigenvalue weighted by molar-refractivity contribution is 0.138. The second-order valence-electron chi connectivity index (χ2n) is 3.95. The van der Waals surface area contributed by atoms with E-state index in [-0.39, 0.29) is 0 Å². The molecule has 0 aromatic carbocycles. The Morgan fingerprint density at radius 1 is 1.14 bits per heavy atom. The molecule has 0 spiro atoms. The molecule has 0 heterocycles. The van der Waals surface area contributed by atoms with E-state index in [2.05, 4.69) is 20.8 Å². The van der Waals surface area contributed by atoms with Crippen LogP contribution in [0.2, 0.25) is 0 Å². The molecule has 0 saturated carbocycles. The van der Waals surface area contributed by atoms with E-state index in [4.69, 9.17) is 16.3 Å². The Labute approximate surface area is 97.9 Å². The molecule has 86 valence electrons. The smallest absolute Gasteiger partial charge is 0.0556 e. The van der Waals surface area contributed by atoms with Gasteiger partial charge in [0.15, 0.2) is 0 Å². The van der Waals surface area contributed by atoms with Crippen LogP contribution in [0.4, 0.5) is 0 Å². The summed E-state index contributed by atoms with van der Waals surface area (Å²) in [4.78, 5) is 0. The minimum atomic E-state index is 0.668. The Hall–Kier alpha value is 0.600. The minimum Gasteiger partial charge on any atom is -0.381 e. The zero-order valence-corrected chi connectivity index (χ0v) is 11.2. The first-order valence-corrected chi connectivity index (χ1v) is 7.00. The van der Waals surface area contributed by atoms with Crippen LogP contribution in [-0.2, 0) is 4.74 Å². The summed E-state index contributed by atoms with van der Waals surface area (Å²) in [5, 5.41) is 0.668. The second kappa shape index (κ2) is 10.1. The summed E-state index contributed by atoms with van der Waals surface area (Å²) in [6.07, 6.45) is 2.26. The average molecular weight is 239 g/mol. The van der Waals surface area contributed by atoms with Crippen molar-refractivity contribution in [1.82, 2.24) is 0 Å². The third-order valence-corrected chi connectivity index (χ3v) is 3.41.